The molecule has 0 aliphatic rings. The summed E-state index contributed by atoms with van der Waals surface area (Å²) in [4.78, 5) is 16.4. The van der Waals surface area contributed by atoms with E-state index in [0.717, 1.165) is 12.1 Å². The van der Waals surface area contributed by atoms with Gasteiger partial charge < -0.3 is 14.5 Å². The number of hydrogen-bond donors (Lipinski definition) is 0. The normalized spacial score (nSPS) is 10.3. The van der Waals surface area contributed by atoms with Gasteiger partial charge in [-0.1, -0.05) is 30.3 Å². The van der Waals surface area contributed by atoms with Crippen molar-refractivity contribution < 1.29 is 9.53 Å². The number of likely N-dealkylation sites (N-methyl/N-ethyl adjacent to an activating group) is 1. The van der Waals surface area contributed by atoms with E-state index in [1.165, 1.54) is 0 Å². The Morgan fingerprint density at radius 3 is 2.32 bits per heavy atom. The van der Waals surface area contributed by atoms with Gasteiger partial charge in [-0.3, -0.25) is 4.79 Å². The zero-order chi connectivity index (χ0) is 18.1. The molecule has 0 aliphatic heterocycles. The van der Waals surface area contributed by atoms with Gasteiger partial charge in [0.15, 0.2) is 6.61 Å². The number of amides is 1. The molecule has 0 saturated carbocycles. The minimum absolute atomic E-state index is 0.0217. The molecule has 0 saturated heterocycles. The number of ether oxygens (including phenoxy) is 1. The standard InChI is InChI=1S/C20H23N3O2/c1-22(2)12-13-23(15-18-6-4-3-5-7-18)20(24)16-25-19-10-8-17(14-21)9-11-19/h3-11H,12-13,15-16H2,1-2H3. The van der Waals surface area contributed by atoms with Crippen LogP contribution >= 0.6 is 0 Å². The Labute approximate surface area is 149 Å². The van der Waals surface area contributed by atoms with Gasteiger partial charge >= 0.3 is 0 Å². The number of carbonyl (C=O) groups is 1. The average Bonchev–Trinajstić information content (AvgIpc) is 2.64. The van der Waals surface area contributed by atoms with Gasteiger partial charge in [-0.25, -0.2) is 0 Å². The highest BCUT2D eigenvalue weighted by Gasteiger charge is 2.15. The lowest BCUT2D eigenvalue weighted by molar-refractivity contribution is -0.134. The van der Waals surface area contributed by atoms with Gasteiger partial charge in [0.1, 0.15) is 5.75 Å². The van der Waals surface area contributed by atoms with Crippen LogP contribution in [0.3, 0.4) is 0 Å². The molecule has 0 heterocycles. The molecule has 130 valence electrons. The Kier molecular flexibility index (Phi) is 7.00. The summed E-state index contributed by atoms with van der Waals surface area (Å²) in [5.41, 5.74) is 1.66. The third kappa shape index (κ3) is 6.28. The zero-order valence-electron chi connectivity index (χ0n) is 14.7. The van der Waals surface area contributed by atoms with Crippen LogP contribution in [0.1, 0.15) is 11.1 Å². The van der Waals surface area contributed by atoms with Gasteiger partial charge in [0.2, 0.25) is 0 Å². The number of benzene rings is 2. The average molecular weight is 337 g/mol. The van der Waals surface area contributed by atoms with Crippen molar-refractivity contribution in [3.05, 3.63) is 65.7 Å². The summed E-state index contributed by atoms with van der Waals surface area (Å²) in [5, 5.41) is 8.81. The highest BCUT2D eigenvalue weighted by atomic mass is 16.5. The van der Waals surface area contributed by atoms with Crippen molar-refractivity contribution in [1.82, 2.24) is 9.80 Å². The molecule has 0 atom stereocenters. The van der Waals surface area contributed by atoms with Crippen molar-refractivity contribution in [2.45, 2.75) is 6.54 Å². The van der Waals surface area contributed by atoms with Crippen LogP contribution in [0.2, 0.25) is 0 Å². The summed E-state index contributed by atoms with van der Waals surface area (Å²) in [7, 11) is 3.97. The molecular weight excluding hydrogens is 314 g/mol. The first-order valence-electron chi connectivity index (χ1n) is 8.18. The molecule has 2 aromatic rings. The highest BCUT2D eigenvalue weighted by Crippen LogP contribution is 2.12. The van der Waals surface area contributed by atoms with Gasteiger partial charge in [0, 0.05) is 19.6 Å². The van der Waals surface area contributed by atoms with E-state index in [1.807, 2.05) is 49.3 Å². The van der Waals surface area contributed by atoms with E-state index < -0.39 is 0 Å². The van der Waals surface area contributed by atoms with Gasteiger partial charge in [-0.05, 0) is 43.9 Å². The molecular formula is C20H23N3O2. The fourth-order valence-electron chi connectivity index (χ4n) is 2.28. The van der Waals surface area contributed by atoms with Crippen molar-refractivity contribution in [3.8, 4) is 11.8 Å². The largest absolute Gasteiger partial charge is 0.484 e. The lowest BCUT2D eigenvalue weighted by atomic mass is 10.2. The Bertz CT molecular complexity index is 706. The minimum atomic E-state index is -0.0601. The molecule has 0 aliphatic carbocycles. The first kappa shape index (κ1) is 18.5. The maximum atomic E-state index is 12.6. The number of nitriles is 1. The van der Waals surface area contributed by atoms with Crippen LogP contribution in [-0.4, -0.2) is 49.5 Å². The monoisotopic (exact) mass is 337 g/mol. The van der Waals surface area contributed by atoms with Gasteiger partial charge in [0.25, 0.3) is 5.91 Å². The van der Waals surface area contributed by atoms with E-state index in [9.17, 15) is 4.79 Å². The van der Waals surface area contributed by atoms with Gasteiger partial charge in [0.05, 0.1) is 11.6 Å². The first-order chi connectivity index (χ1) is 12.1. The Hall–Kier alpha value is -2.84. The number of nitrogens with zero attached hydrogens (tertiary/aromatic N) is 3. The molecule has 0 spiro atoms. The number of carbonyl (C=O) groups excluding carboxylic acids is 1. The third-order valence-electron chi connectivity index (χ3n) is 3.73. The predicted octanol–water partition coefficient (Wildman–Crippen LogP) is 2.53. The molecule has 2 rings (SSSR count). The van der Waals surface area contributed by atoms with Crippen LogP contribution in [0.25, 0.3) is 0 Å². The van der Waals surface area contributed by atoms with Crippen LogP contribution in [-0.2, 0) is 11.3 Å². The molecule has 25 heavy (non-hydrogen) atoms. The fourth-order valence-corrected chi connectivity index (χ4v) is 2.28. The molecule has 0 aromatic heterocycles. The van der Waals surface area contributed by atoms with Crippen LogP contribution < -0.4 is 4.74 Å². The molecule has 5 nitrogen and oxygen atoms in total. The van der Waals surface area contributed by atoms with E-state index in [1.54, 1.807) is 29.2 Å². The maximum Gasteiger partial charge on any atom is 0.260 e. The maximum absolute atomic E-state index is 12.6. The third-order valence-corrected chi connectivity index (χ3v) is 3.73. The van der Waals surface area contributed by atoms with Crippen molar-refractivity contribution >= 4 is 5.91 Å². The minimum Gasteiger partial charge on any atom is -0.484 e. The quantitative estimate of drug-likeness (QED) is 0.743. The lowest BCUT2D eigenvalue weighted by Crippen LogP contribution is -2.38. The smallest absolute Gasteiger partial charge is 0.260 e. The summed E-state index contributed by atoms with van der Waals surface area (Å²) in [6.45, 7) is 1.96. The Balaban J connectivity index is 1.97. The molecule has 0 N–H and O–H groups in total. The van der Waals surface area contributed by atoms with Crippen LogP contribution in [0.5, 0.6) is 5.75 Å². The Morgan fingerprint density at radius 1 is 1.04 bits per heavy atom. The van der Waals surface area contributed by atoms with Crippen molar-refractivity contribution in [2.75, 3.05) is 33.8 Å². The van der Waals surface area contributed by atoms with Crippen molar-refractivity contribution in [3.63, 3.8) is 0 Å². The second-order valence-electron chi connectivity index (χ2n) is 6.03. The summed E-state index contributed by atoms with van der Waals surface area (Å²) < 4.78 is 5.58. The summed E-state index contributed by atoms with van der Waals surface area (Å²) in [6, 6.07) is 18.7. The summed E-state index contributed by atoms with van der Waals surface area (Å²) in [6.07, 6.45) is 0. The van der Waals surface area contributed by atoms with Crippen LogP contribution in [0.4, 0.5) is 0 Å². The first-order valence-corrected chi connectivity index (χ1v) is 8.18. The summed E-state index contributed by atoms with van der Waals surface area (Å²) in [5.74, 6) is 0.523. The molecule has 1 amide bonds. The van der Waals surface area contributed by atoms with Crippen LogP contribution in [0.15, 0.2) is 54.6 Å². The molecule has 0 radical (unpaired) electrons. The fraction of sp³-hybridized carbons (Fsp3) is 0.300. The SMILES string of the molecule is CN(C)CCN(Cc1ccccc1)C(=O)COc1ccc(C#N)cc1. The van der Waals surface area contributed by atoms with Gasteiger partial charge in [-0.15, -0.1) is 0 Å². The summed E-state index contributed by atoms with van der Waals surface area (Å²) >= 11 is 0. The molecule has 5 heteroatoms. The predicted molar refractivity (Wildman–Crippen MR) is 97.1 cm³/mol. The molecule has 2 aromatic carbocycles. The zero-order valence-corrected chi connectivity index (χ0v) is 14.7. The second-order valence-corrected chi connectivity index (χ2v) is 6.03. The highest BCUT2D eigenvalue weighted by molar-refractivity contribution is 5.77. The number of rotatable bonds is 8. The van der Waals surface area contributed by atoms with Gasteiger partial charge in [-0.2, -0.15) is 5.26 Å². The van der Waals surface area contributed by atoms with E-state index >= 15 is 0 Å². The molecule has 0 unspecified atom stereocenters. The van der Waals surface area contributed by atoms with E-state index in [2.05, 4.69) is 6.07 Å². The topological polar surface area (TPSA) is 56.6 Å². The molecule has 0 fully saturated rings. The lowest BCUT2D eigenvalue weighted by Gasteiger charge is -2.24. The second kappa shape index (κ2) is 9.45. The number of hydrogen-bond acceptors (Lipinski definition) is 4. The van der Waals surface area contributed by atoms with E-state index in [-0.39, 0.29) is 12.5 Å². The van der Waals surface area contributed by atoms with Crippen molar-refractivity contribution in [2.24, 2.45) is 0 Å². The van der Waals surface area contributed by atoms with Crippen LogP contribution in [0, 0.1) is 11.3 Å². The molecule has 0 bridgehead atoms. The van der Waals surface area contributed by atoms with Crippen molar-refractivity contribution in [1.29, 1.82) is 5.26 Å². The van der Waals surface area contributed by atoms with E-state index in [4.69, 9.17) is 10.00 Å². The van der Waals surface area contributed by atoms with E-state index in [0.29, 0.717) is 24.4 Å². The Morgan fingerprint density at radius 2 is 1.72 bits per heavy atom.